The fraction of sp³-hybridized carbons (Fsp3) is 0.500. The zero-order valence-corrected chi connectivity index (χ0v) is 22.6. The van der Waals surface area contributed by atoms with Crippen LogP contribution in [0.5, 0.6) is 11.6 Å². The third-order valence-electron chi connectivity index (χ3n) is 7.49. The van der Waals surface area contributed by atoms with Gasteiger partial charge in [-0.25, -0.2) is 4.98 Å². The number of aromatic nitrogens is 3. The number of nitrogens with one attached hydrogen (secondary N) is 1. The van der Waals surface area contributed by atoms with Gasteiger partial charge in [-0.3, -0.25) is 14.3 Å². The van der Waals surface area contributed by atoms with Crippen molar-refractivity contribution in [3.63, 3.8) is 0 Å². The van der Waals surface area contributed by atoms with Crippen molar-refractivity contribution in [1.82, 2.24) is 20.1 Å². The molecule has 1 saturated heterocycles. The van der Waals surface area contributed by atoms with E-state index in [2.05, 4.69) is 15.4 Å². The lowest BCUT2D eigenvalue weighted by molar-refractivity contribution is -0.139. The number of carbonyl (C=O) groups excluding carboxylic acids is 2. The lowest BCUT2D eigenvalue weighted by Crippen LogP contribution is -2.33. The molecule has 10 nitrogen and oxygen atoms in total. The molecule has 12 heteroatoms. The maximum atomic E-state index is 13.7. The van der Waals surface area contributed by atoms with Crippen molar-refractivity contribution in [2.45, 2.75) is 82.6 Å². The molecule has 5 rings (SSSR count). The van der Waals surface area contributed by atoms with Crippen molar-refractivity contribution in [2.24, 2.45) is 5.73 Å². The van der Waals surface area contributed by atoms with E-state index in [1.807, 2.05) is 31.6 Å². The largest absolute Gasteiger partial charge is 0.490 e. The standard InChI is InChI=1S/C28H33F2N5O5/c1-15(2)40-23-9-20-19(8-21(23)24(31)36)22(12-32-25(20)39-14-17-10-28(29,30)26(37)34-17)16-11-33-35(13-16)18-4-6-27(3,38)7-5-18/h8-9,11-13,15,17-18,38H,4-7,10,14H2,1-3H3,(H2,31,36)(H,34,37). The number of ether oxygens (including phenoxy) is 2. The number of aliphatic hydroxyl groups is 1. The first-order valence-electron chi connectivity index (χ1n) is 13.3. The maximum Gasteiger partial charge on any atom is 0.326 e. The van der Waals surface area contributed by atoms with Gasteiger partial charge in [0.2, 0.25) is 5.88 Å². The van der Waals surface area contributed by atoms with Gasteiger partial charge in [0.15, 0.2) is 0 Å². The molecule has 0 bridgehead atoms. The normalized spacial score (nSPS) is 24.3. The third-order valence-corrected chi connectivity index (χ3v) is 7.49. The summed E-state index contributed by atoms with van der Waals surface area (Å²) < 4.78 is 41.0. The van der Waals surface area contributed by atoms with Crippen molar-refractivity contribution in [2.75, 3.05) is 6.61 Å². The number of halogens is 2. The Balaban J connectivity index is 1.53. The smallest absolute Gasteiger partial charge is 0.326 e. The molecular weight excluding hydrogens is 524 g/mol. The number of alkyl halides is 2. The summed E-state index contributed by atoms with van der Waals surface area (Å²) in [5, 5.41) is 18.2. The summed E-state index contributed by atoms with van der Waals surface area (Å²) >= 11 is 0. The van der Waals surface area contributed by atoms with E-state index in [-0.39, 0.29) is 35.9 Å². The summed E-state index contributed by atoms with van der Waals surface area (Å²) in [5.74, 6) is -5.08. The van der Waals surface area contributed by atoms with Gasteiger partial charge in [0.1, 0.15) is 12.4 Å². The Morgan fingerprint density at radius 2 is 1.98 bits per heavy atom. The van der Waals surface area contributed by atoms with Crippen LogP contribution in [-0.2, 0) is 4.79 Å². The second-order valence-corrected chi connectivity index (χ2v) is 11.2. The van der Waals surface area contributed by atoms with Crippen LogP contribution in [0.3, 0.4) is 0 Å². The second-order valence-electron chi connectivity index (χ2n) is 11.2. The van der Waals surface area contributed by atoms with Crippen molar-refractivity contribution in [1.29, 1.82) is 0 Å². The molecule has 1 aromatic carbocycles. The highest BCUT2D eigenvalue weighted by Gasteiger charge is 2.48. The first kappa shape index (κ1) is 27.8. The van der Waals surface area contributed by atoms with Gasteiger partial charge in [-0.15, -0.1) is 0 Å². The van der Waals surface area contributed by atoms with Gasteiger partial charge < -0.3 is 25.6 Å². The number of benzene rings is 1. The number of pyridine rings is 1. The average molecular weight is 558 g/mol. The molecule has 1 atom stereocenters. The third kappa shape index (κ3) is 5.58. The van der Waals surface area contributed by atoms with Gasteiger partial charge >= 0.3 is 5.92 Å². The van der Waals surface area contributed by atoms with Crippen molar-refractivity contribution in [3.8, 4) is 22.8 Å². The molecule has 4 N–H and O–H groups in total. The molecule has 1 aliphatic heterocycles. The van der Waals surface area contributed by atoms with E-state index in [4.69, 9.17) is 15.2 Å². The second kappa shape index (κ2) is 10.3. The van der Waals surface area contributed by atoms with Gasteiger partial charge in [-0.1, -0.05) is 0 Å². The molecule has 3 aromatic rings. The molecule has 1 unspecified atom stereocenters. The number of primary amides is 1. The molecule has 3 heterocycles. The summed E-state index contributed by atoms with van der Waals surface area (Å²) in [6.07, 6.45) is 7.18. The van der Waals surface area contributed by atoms with Gasteiger partial charge in [0.05, 0.1) is 35.5 Å². The van der Waals surface area contributed by atoms with E-state index in [9.17, 15) is 23.5 Å². The predicted octanol–water partition coefficient (Wildman–Crippen LogP) is 3.75. The van der Waals surface area contributed by atoms with E-state index in [0.29, 0.717) is 29.2 Å². The molecule has 214 valence electrons. The van der Waals surface area contributed by atoms with Gasteiger partial charge in [0.25, 0.3) is 11.8 Å². The average Bonchev–Trinajstić information content (AvgIpc) is 3.45. The Morgan fingerprint density at radius 3 is 2.60 bits per heavy atom. The Hall–Kier alpha value is -3.80. The van der Waals surface area contributed by atoms with E-state index in [1.165, 1.54) is 0 Å². The first-order chi connectivity index (χ1) is 18.8. The minimum atomic E-state index is -3.45. The van der Waals surface area contributed by atoms with Crippen LogP contribution in [0.2, 0.25) is 0 Å². The summed E-state index contributed by atoms with van der Waals surface area (Å²) in [4.78, 5) is 28.4. The zero-order valence-electron chi connectivity index (χ0n) is 22.6. The first-order valence-corrected chi connectivity index (χ1v) is 13.3. The fourth-order valence-corrected chi connectivity index (χ4v) is 5.32. The molecule has 0 radical (unpaired) electrons. The quantitative estimate of drug-likeness (QED) is 0.383. The van der Waals surface area contributed by atoms with Gasteiger partial charge in [-0.05, 0) is 64.0 Å². The highest BCUT2D eigenvalue weighted by molar-refractivity contribution is 6.06. The Bertz CT molecular complexity index is 1440. The molecule has 2 amide bonds. The molecule has 2 aliphatic rings. The summed E-state index contributed by atoms with van der Waals surface area (Å²) in [6, 6.07) is 2.48. The van der Waals surface area contributed by atoms with Crippen LogP contribution in [0.25, 0.3) is 21.9 Å². The summed E-state index contributed by atoms with van der Waals surface area (Å²) in [5.41, 5.74) is 6.61. The predicted molar refractivity (Wildman–Crippen MR) is 142 cm³/mol. The number of hydrogen-bond acceptors (Lipinski definition) is 7. The van der Waals surface area contributed by atoms with E-state index < -0.39 is 35.8 Å². The van der Waals surface area contributed by atoms with E-state index in [1.54, 1.807) is 24.5 Å². The lowest BCUT2D eigenvalue weighted by Gasteiger charge is -2.33. The number of nitrogens with zero attached hydrogens (tertiary/aromatic N) is 3. The minimum absolute atomic E-state index is 0.134. The number of fused-ring (bicyclic) bond motifs is 1. The Labute approximate surface area is 229 Å². The highest BCUT2D eigenvalue weighted by atomic mass is 19.3. The zero-order chi connectivity index (χ0) is 28.8. The SMILES string of the molecule is CC(C)Oc1cc2c(OCC3CC(F)(F)C(=O)N3)ncc(-c3cnn(C4CCC(C)(O)CC4)c3)c2cc1C(N)=O. The maximum absolute atomic E-state index is 13.7. The van der Waals surface area contributed by atoms with E-state index >= 15 is 0 Å². The van der Waals surface area contributed by atoms with Crippen LogP contribution in [0.4, 0.5) is 8.78 Å². The minimum Gasteiger partial charge on any atom is -0.490 e. The fourth-order valence-electron chi connectivity index (χ4n) is 5.32. The van der Waals surface area contributed by atoms with Crippen molar-refractivity contribution >= 4 is 22.6 Å². The van der Waals surface area contributed by atoms with Gasteiger partial charge in [0, 0.05) is 35.3 Å². The van der Waals surface area contributed by atoms with Crippen LogP contribution in [0.1, 0.15) is 69.3 Å². The molecular formula is C28H33F2N5O5. The molecule has 40 heavy (non-hydrogen) atoms. The molecule has 1 aliphatic carbocycles. The van der Waals surface area contributed by atoms with Crippen LogP contribution in [0.15, 0.2) is 30.7 Å². The number of amides is 2. The van der Waals surface area contributed by atoms with Crippen LogP contribution < -0.4 is 20.5 Å². The van der Waals surface area contributed by atoms with Gasteiger partial charge in [-0.2, -0.15) is 13.9 Å². The van der Waals surface area contributed by atoms with Crippen LogP contribution >= 0.6 is 0 Å². The number of nitrogens with two attached hydrogens (primary N) is 1. The molecule has 2 aromatic heterocycles. The summed E-state index contributed by atoms with van der Waals surface area (Å²) in [6.45, 7) is 5.25. The van der Waals surface area contributed by atoms with Crippen LogP contribution in [0, 0.1) is 0 Å². The molecule has 2 fully saturated rings. The monoisotopic (exact) mass is 557 g/mol. The number of rotatable bonds is 8. The molecule has 1 saturated carbocycles. The van der Waals surface area contributed by atoms with Crippen molar-refractivity contribution < 1.29 is 33.0 Å². The highest BCUT2D eigenvalue weighted by Crippen LogP contribution is 2.39. The Morgan fingerprint density at radius 1 is 1.25 bits per heavy atom. The molecule has 0 spiro atoms. The van der Waals surface area contributed by atoms with E-state index in [0.717, 1.165) is 18.4 Å². The summed E-state index contributed by atoms with van der Waals surface area (Å²) in [7, 11) is 0. The number of carbonyl (C=O) groups is 2. The lowest BCUT2D eigenvalue weighted by atomic mass is 9.84. The van der Waals surface area contributed by atoms with Crippen molar-refractivity contribution in [3.05, 3.63) is 36.3 Å². The van der Waals surface area contributed by atoms with Crippen LogP contribution in [-0.4, -0.2) is 62.0 Å². The number of hydrogen-bond donors (Lipinski definition) is 3. The Kier molecular flexibility index (Phi) is 7.15. The topological polar surface area (TPSA) is 142 Å².